The van der Waals surface area contributed by atoms with E-state index in [9.17, 15) is 9.59 Å². The van der Waals surface area contributed by atoms with E-state index < -0.39 is 4.08 Å². The highest BCUT2D eigenvalue weighted by Gasteiger charge is 2.49. The molecule has 0 aliphatic heterocycles. The van der Waals surface area contributed by atoms with Gasteiger partial charge in [0.1, 0.15) is 5.78 Å². The van der Waals surface area contributed by atoms with Crippen molar-refractivity contribution in [2.24, 2.45) is 5.92 Å². The first kappa shape index (κ1) is 15.9. The van der Waals surface area contributed by atoms with Gasteiger partial charge >= 0.3 is 5.97 Å². The first-order valence-corrected chi connectivity index (χ1v) is 7.95. The van der Waals surface area contributed by atoms with Crippen LogP contribution in [0.3, 0.4) is 0 Å². The number of thioether (sulfide) groups is 1. The summed E-state index contributed by atoms with van der Waals surface area (Å²) in [6, 6.07) is 0. The molecular weight excluding hydrogens is 268 g/mol. The van der Waals surface area contributed by atoms with Crippen molar-refractivity contribution >= 4 is 36.1 Å². The summed E-state index contributed by atoms with van der Waals surface area (Å²) in [5.74, 6) is 0.290. The first-order chi connectivity index (χ1) is 8.41. The topological polar surface area (TPSA) is 43.4 Å². The summed E-state index contributed by atoms with van der Waals surface area (Å²) in [6.45, 7) is 5.67. The van der Waals surface area contributed by atoms with E-state index in [1.807, 2.05) is 20.8 Å². The lowest BCUT2D eigenvalue weighted by atomic mass is 10.0. The molecule has 0 N–H and O–H groups in total. The summed E-state index contributed by atoms with van der Waals surface area (Å²) in [4.78, 5) is 24.1. The van der Waals surface area contributed by atoms with Crippen LogP contribution in [0.15, 0.2) is 0 Å². The Hall–Kier alpha value is -0.160. The maximum atomic E-state index is 12.2. The Morgan fingerprint density at radius 3 is 2.72 bits per heavy atom. The van der Waals surface area contributed by atoms with Crippen molar-refractivity contribution in [3.05, 3.63) is 0 Å². The molecule has 0 heterocycles. The number of Topliss-reactive ketones (excluding diaryl/α,β-unsaturated/α-hetero) is 1. The number of thiol groups is 1. The number of hydrogen-bond acceptors (Lipinski definition) is 5. The van der Waals surface area contributed by atoms with Crippen molar-refractivity contribution in [2.45, 2.75) is 56.6 Å². The number of esters is 1. The minimum Gasteiger partial charge on any atom is -0.461 e. The van der Waals surface area contributed by atoms with Gasteiger partial charge in [0.15, 0.2) is 4.08 Å². The molecule has 2 unspecified atom stereocenters. The third kappa shape index (κ3) is 3.67. The SMILES string of the molecule is CCCSC(S)(C(=O)OC(C)C)C1CCCC1=O. The zero-order chi connectivity index (χ0) is 13.8. The molecule has 104 valence electrons. The van der Waals surface area contributed by atoms with Gasteiger partial charge in [-0.2, -0.15) is 0 Å². The molecular formula is C13H22O3S2. The van der Waals surface area contributed by atoms with Crippen molar-refractivity contribution in [3.8, 4) is 0 Å². The fraction of sp³-hybridized carbons (Fsp3) is 0.846. The third-order valence-electron chi connectivity index (χ3n) is 2.94. The maximum Gasteiger partial charge on any atom is 0.333 e. The molecule has 0 aromatic carbocycles. The summed E-state index contributed by atoms with van der Waals surface area (Å²) >= 11 is 5.99. The van der Waals surface area contributed by atoms with Gasteiger partial charge < -0.3 is 4.74 Å². The molecule has 5 heteroatoms. The minimum absolute atomic E-state index is 0.148. The molecule has 18 heavy (non-hydrogen) atoms. The van der Waals surface area contributed by atoms with Gasteiger partial charge in [-0.05, 0) is 38.9 Å². The average Bonchev–Trinajstić information content (AvgIpc) is 2.72. The number of carbonyl (C=O) groups excluding carboxylic acids is 2. The lowest BCUT2D eigenvalue weighted by molar-refractivity contribution is -0.150. The third-order valence-corrected chi connectivity index (χ3v) is 5.32. The summed E-state index contributed by atoms with van der Waals surface area (Å²) in [5, 5.41) is 0. The molecule has 0 aromatic rings. The number of hydrogen-bond donors (Lipinski definition) is 1. The molecule has 1 rings (SSSR count). The number of carbonyl (C=O) groups is 2. The Bertz CT molecular complexity index is 317. The van der Waals surface area contributed by atoms with Crippen LogP contribution >= 0.6 is 24.4 Å². The highest BCUT2D eigenvalue weighted by atomic mass is 32.2. The van der Waals surface area contributed by atoms with Gasteiger partial charge in [-0.3, -0.25) is 4.79 Å². The van der Waals surface area contributed by atoms with Crippen LogP contribution in [0.2, 0.25) is 0 Å². The van der Waals surface area contributed by atoms with Crippen molar-refractivity contribution in [1.29, 1.82) is 0 Å². The van der Waals surface area contributed by atoms with E-state index in [0.29, 0.717) is 6.42 Å². The van der Waals surface area contributed by atoms with E-state index in [1.54, 1.807) is 0 Å². The van der Waals surface area contributed by atoms with Gasteiger partial charge in [-0.1, -0.05) is 6.92 Å². The van der Waals surface area contributed by atoms with Gasteiger partial charge in [0.25, 0.3) is 0 Å². The van der Waals surface area contributed by atoms with Crippen LogP contribution in [0.1, 0.15) is 46.5 Å². The van der Waals surface area contributed by atoms with Crippen LogP contribution in [0.4, 0.5) is 0 Å². The molecule has 1 fully saturated rings. The Labute approximate surface area is 119 Å². The van der Waals surface area contributed by atoms with Crippen molar-refractivity contribution in [2.75, 3.05) is 5.75 Å². The van der Waals surface area contributed by atoms with Crippen LogP contribution in [0.5, 0.6) is 0 Å². The Kier molecular flexibility index (Phi) is 6.05. The monoisotopic (exact) mass is 290 g/mol. The average molecular weight is 290 g/mol. The highest BCUT2D eigenvalue weighted by molar-refractivity contribution is 8.12. The Morgan fingerprint density at radius 1 is 1.61 bits per heavy atom. The fourth-order valence-corrected chi connectivity index (χ4v) is 3.82. The quantitative estimate of drug-likeness (QED) is 0.464. The Balaban J connectivity index is 2.86. The van der Waals surface area contributed by atoms with E-state index in [4.69, 9.17) is 4.74 Å². The van der Waals surface area contributed by atoms with Gasteiger partial charge in [0.05, 0.1) is 12.0 Å². The van der Waals surface area contributed by atoms with Gasteiger partial charge in [0, 0.05) is 6.42 Å². The zero-order valence-corrected chi connectivity index (χ0v) is 13.0. The molecule has 0 spiro atoms. The number of ether oxygens (including phenoxy) is 1. The molecule has 2 atom stereocenters. The molecule has 1 aliphatic rings. The van der Waals surface area contributed by atoms with Crippen molar-refractivity contribution in [3.63, 3.8) is 0 Å². The van der Waals surface area contributed by atoms with Gasteiger partial charge in [-0.25, -0.2) is 4.79 Å². The van der Waals surface area contributed by atoms with Crippen LogP contribution in [-0.2, 0) is 14.3 Å². The van der Waals surface area contributed by atoms with Crippen molar-refractivity contribution in [1.82, 2.24) is 0 Å². The molecule has 0 radical (unpaired) electrons. The molecule has 1 saturated carbocycles. The molecule has 0 bridgehead atoms. The van der Waals surface area contributed by atoms with Gasteiger partial charge in [-0.15, -0.1) is 24.4 Å². The van der Waals surface area contributed by atoms with Crippen molar-refractivity contribution < 1.29 is 14.3 Å². The van der Waals surface area contributed by atoms with E-state index in [1.165, 1.54) is 11.8 Å². The molecule has 0 aromatic heterocycles. The largest absolute Gasteiger partial charge is 0.461 e. The van der Waals surface area contributed by atoms with Gasteiger partial charge in [0.2, 0.25) is 0 Å². The summed E-state index contributed by atoms with van der Waals surface area (Å²) in [6.07, 6.45) is 2.93. The summed E-state index contributed by atoms with van der Waals surface area (Å²) in [7, 11) is 0. The van der Waals surface area contributed by atoms with E-state index in [0.717, 1.165) is 25.0 Å². The molecule has 0 saturated heterocycles. The first-order valence-electron chi connectivity index (χ1n) is 6.52. The summed E-state index contributed by atoms with van der Waals surface area (Å²) < 4.78 is 4.28. The van der Waals surface area contributed by atoms with Crippen LogP contribution in [0.25, 0.3) is 0 Å². The standard InChI is InChI=1S/C13H22O3S2/c1-4-8-18-13(17,12(15)16-9(2)3)10-6-5-7-11(10)14/h9-10,17H,4-8H2,1-3H3. The summed E-state index contributed by atoms with van der Waals surface area (Å²) in [5.41, 5.74) is 0. The highest BCUT2D eigenvalue weighted by Crippen LogP contribution is 2.45. The van der Waals surface area contributed by atoms with Crippen LogP contribution < -0.4 is 0 Å². The van der Waals surface area contributed by atoms with E-state index in [-0.39, 0.29) is 23.8 Å². The second kappa shape index (κ2) is 6.85. The smallest absolute Gasteiger partial charge is 0.333 e. The second-order valence-corrected chi connectivity index (χ2v) is 7.26. The fourth-order valence-electron chi connectivity index (χ4n) is 2.09. The van der Waals surface area contributed by atoms with E-state index in [2.05, 4.69) is 12.6 Å². The molecule has 3 nitrogen and oxygen atoms in total. The molecule has 1 aliphatic carbocycles. The van der Waals surface area contributed by atoms with E-state index >= 15 is 0 Å². The predicted molar refractivity (Wildman–Crippen MR) is 78.0 cm³/mol. The zero-order valence-electron chi connectivity index (χ0n) is 11.3. The number of rotatable bonds is 6. The molecule has 0 amide bonds. The second-order valence-electron chi connectivity index (χ2n) is 4.91. The maximum absolute atomic E-state index is 12.2. The normalized spacial score (nSPS) is 23.2. The Morgan fingerprint density at radius 2 is 2.28 bits per heavy atom. The lowest BCUT2D eigenvalue weighted by Gasteiger charge is -2.31. The van der Waals surface area contributed by atoms with Crippen LogP contribution in [-0.4, -0.2) is 27.7 Å². The minimum atomic E-state index is -1.01. The predicted octanol–water partition coefficient (Wildman–Crippen LogP) is 3.08. The lowest BCUT2D eigenvalue weighted by Crippen LogP contribution is -2.42. The van der Waals surface area contributed by atoms with Crippen LogP contribution in [0, 0.1) is 5.92 Å². The number of ketones is 1.